The van der Waals surface area contributed by atoms with Gasteiger partial charge in [-0.15, -0.1) is 5.10 Å². The fourth-order valence-electron chi connectivity index (χ4n) is 5.33. The number of hydrogen-bond donors (Lipinski definition) is 1. The molecule has 10 heteroatoms. The summed E-state index contributed by atoms with van der Waals surface area (Å²) in [5.74, 6) is 2.64. The Labute approximate surface area is 262 Å². The van der Waals surface area contributed by atoms with Crippen LogP contribution < -0.4 is 14.8 Å². The maximum Gasteiger partial charge on any atom is 0.227 e. The Morgan fingerprint density at radius 1 is 1.10 bits per heavy atom. The molecule has 1 aromatic heterocycles. The van der Waals surface area contributed by atoms with E-state index in [1.165, 1.54) is 17.3 Å². The first kappa shape index (κ1) is 28.8. The highest BCUT2D eigenvalue weighted by Gasteiger charge is 2.37. The van der Waals surface area contributed by atoms with Crippen molar-refractivity contribution < 1.29 is 14.3 Å². The number of ether oxygens (including phenoxy) is 2. The quantitative estimate of drug-likeness (QED) is 0.172. The van der Waals surface area contributed by atoms with Crippen LogP contribution in [-0.4, -0.2) is 33.8 Å². The topological polar surface area (TPSA) is 78.3 Å². The molecule has 1 atom stereocenters. The van der Waals surface area contributed by atoms with Crippen molar-refractivity contribution in [3.63, 3.8) is 0 Å². The SMILES string of the molecule is CCOc1cc(C2C3=C(CCCC3=O)Nc3nc(SCc4ccccc4Cl)nn32)cc(Br)c1OCCc1ccccc1. The fraction of sp³-hybridized carbons (Fsp3) is 0.281. The number of nitrogens with zero attached hydrogens (tertiary/aromatic N) is 3. The smallest absolute Gasteiger partial charge is 0.227 e. The van der Waals surface area contributed by atoms with E-state index in [9.17, 15) is 4.79 Å². The number of allylic oxidation sites excluding steroid dienone is 2. The van der Waals surface area contributed by atoms with Crippen LogP contribution in [0, 0.1) is 0 Å². The van der Waals surface area contributed by atoms with Gasteiger partial charge in [0.25, 0.3) is 0 Å². The number of anilines is 1. The third-order valence-corrected chi connectivity index (χ3v) is 9.13. The zero-order valence-corrected chi connectivity index (χ0v) is 26.3. The van der Waals surface area contributed by atoms with Gasteiger partial charge in [-0.05, 0) is 70.6 Å². The van der Waals surface area contributed by atoms with E-state index >= 15 is 0 Å². The Balaban J connectivity index is 1.33. The second kappa shape index (κ2) is 12.9. The van der Waals surface area contributed by atoms with E-state index in [0.29, 0.717) is 53.0 Å². The van der Waals surface area contributed by atoms with Crippen LogP contribution in [0.1, 0.15) is 48.9 Å². The Bertz CT molecular complexity index is 1640. The summed E-state index contributed by atoms with van der Waals surface area (Å²) < 4.78 is 14.9. The maximum absolute atomic E-state index is 13.4. The van der Waals surface area contributed by atoms with E-state index in [1.54, 1.807) is 0 Å². The zero-order valence-electron chi connectivity index (χ0n) is 23.1. The first-order valence-corrected chi connectivity index (χ1v) is 16.2. The van der Waals surface area contributed by atoms with Gasteiger partial charge in [-0.25, -0.2) is 4.68 Å². The molecule has 216 valence electrons. The van der Waals surface area contributed by atoms with Gasteiger partial charge in [0.05, 0.1) is 17.7 Å². The van der Waals surface area contributed by atoms with E-state index < -0.39 is 6.04 Å². The molecule has 0 radical (unpaired) electrons. The van der Waals surface area contributed by atoms with Crippen LogP contribution in [0.15, 0.2) is 87.6 Å². The van der Waals surface area contributed by atoms with Gasteiger partial charge in [-0.3, -0.25) is 4.79 Å². The molecule has 2 heterocycles. The van der Waals surface area contributed by atoms with E-state index in [0.717, 1.165) is 46.1 Å². The van der Waals surface area contributed by atoms with Crippen molar-refractivity contribution in [2.45, 2.75) is 49.6 Å². The third kappa shape index (κ3) is 6.09. The minimum Gasteiger partial charge on any atom is -0.490 e. The number of aromatic nitrogens is 3. The summed E-state index contributed by atoms with van der Waals surface area (Å²) in [6.07, 6.45) is 2.88. The normalized spacial score (nSPS) is 16.1. The summed E-state index contributed by atoms with van der Waals surface area (Å²) in [6, 6.07) is 21.5. The van der Waals surface area contributed by atoms with Crippen molar-refractivity contribution in [1.82, 2.24) is 14.8 Å². The van der Waals surface area contributed by atoms with Crippen molar-refractivity contribution in [2.75, 3.05) is 18.5 Å². The summed E-state index contributed by atoms with van der Waals surface area (Å²) in [7, 11) is 0. The lowest BCUT2D eigenvalue weighted by molar-refractivity contribution is -0.116. The minimum atomic E-state index is -0.444. The molecule has 1 aliphatic heterocycles. The fourth-order valence-corrected chi connectivity index (χ4v) is 7.02. The van der Waals surface area contributed by atoms with Crippen LogP contribution in [0.4, 0.5) is 5.95 Å². The number of halogens is 2. The Morgan fingerprint density at radius 3 is 2.71 bits per heavy atom. The molecule has 0 saturated carbocycles. The number of Topliss-reactive ketones (excluding diaryl/α,β-unsaturated/α-hetero) is 1. The molecule has 0 saturated heterocycles. The first-order valence-electron chi connectivity index (χ1n) is 14.0. The average molecular weight is 666 g/mol. The van der Waals surface area contributed by atoms with Crippen molar-refractivity contribution in [3.8, 4) is 11.5 Å². The summed E-state index contributed by atoms with van der Waals surface area (Å²) in [6.45, 7) is 2.92. The number of nitrogens with one attached hydrogen (secondary N) is 1. The van der Waals surface area contributed by atoms with Crippen molar-refractivity contribution in [2.24, 2.45) is 0 Å². The number of thioether (sulfide) groups is 1. The lowest BCUT2D eigenvalue weighted by Crippen LogP contribution is -2.31. The highest BCUT2D eigenvalue weighted by atomic mass is 79.9. The molecule has 6 rings (SSSR count). The molecule has 1 N–H and O–H groups in total. The molecule has 2 aliphatic rings. The molecule has 4 aromatic rings. The highest BCUT2D eigenvalue weighted by Crippen LogP contribution is 2.45. The van der Waals surface area contributed by atoms with Gasteiger partial charge in [-0.1, -0.05) is 71.9 Å². The van der Waals surface area contributed by atoms with Crippen LogP contribution in [0.3, 0.4) is 0 Å². The molecule has 1 aliphatic carbocycles. The molecular formula is C32H30BrClN4O3S. The molecule has 0 fully saturated rings. The third-order valence-electron chi connectivity index (χ3n) is 7.29. The summed E-state index contributed by atoms with van der Waals surface area (Å²) in [5, 5.41) is 9.61. The molecule has 7 nitrogen and oxygen atoms in total. The van der Waals surface area contributed by atoms with Crippen molar-refractivity contribution in [3.05, 3.63) is 104 Å². The van der Waals surface area contributed by atoms with Crippen LogP contribution in [0.2, 0.25) is 5.02 Å². The molecule has 42 heavy (non-hydrogen) atoms. The summed E-state index contributed by atoms with van der Waals surface area (Å²) in [4.78, 5) is 18.2. The number of rotatable bonds is 10. The molecule has 0 bridgehead atoms. The predicted molar refractivity (Wildman–Crippen MR) is 170 cm³/mol. The molecular weight excluding hydrogens is 636 g/mol. The average Bonchev–Trinajstić information content (AvgIpc) is 3.40. The Kier molecular flexibility index (Phi) is 8.88. The summed E-state index contributed by atoms with van der Waals surface area (Å²) in [5.41, 5.74) is 4.74. The van der Waals surface area contributed by atoms with Gasteiger partial charge < -0.3 is 14.8 Å². The van der Waals surface area contributed by atoms with E-state index in [2.05, 4.69) is 33.4 Å². The van der Waals surface area contributed by atoms with Crippen molar-refractivity contribution >= 4 is 51.0 Å². The lowest BCUT2D eigenvalue weighted by atomic mass is 9.85. The summed E-state index contributed by atoms with van der Waals surface area (Å²) >= 11 is 11.6. The van der Waals surface area contributed by atoms with E-state index in [4.69, 9.17) is 31.2 Å². The number of hydrogen-bond acceptors (Lipinski definition) is 7. The number of carbonyl (C=O) groups excluding carboxylic acids is 1. The van der Waals surface area contributed by atoms with E-state index in [1.807, 2.05) is 66.2 Å². The van der Waals surface area contributed by atoms with Crippen LogP contribution in [0.25, 0.3) is 0 Å². The number of benzene rings is 3. The van der Waals surface area contributed by atoms with Crippen molar-refractivity contribution in [1.29, 1.82) is 0 Å². The Hall–Kier alpha value is -3.27. The maximum atomic E-state index is 13.4. The largest absolute Gasteiger partial charge is 0.490 e. The van der Waals surface area contributed by atoms with Gasteiger partial charge in [0.2, 0.25) is 11.1 Å². The number of ketones is 1. The molecule has 0 amide bonds. The van der Waals surface area contributed by atoms with E-state index in [-0.39, 0.29) is 5.78 Å². The monoisotopic (exact) mass is 664 g/mol. The predicted octanol–water partition coefficient (Wildman–Crippen LogP) is 8.03. The standard InChI is InChI=1S/C32H30BrClN4O3S/c1-2-40-27-18-22(17-23(33)30(27)41-16-15-20-9-4-3-5-10-20)29-28-25(13-8-14-26(28)39)35-31-36-32(37-38(29)31)42-19-21-11-6-7-12-24(21)34/h3-7,9-12,17-18,29H,2,8,13-16,19H2,1H3,(H,35,36,37). The molecule has 0 spiro atoms. The lowest BCUT2D eigenvalue weighted by Gasteiger charge is -2.32. The van der Waals surface area contributed by atoms with Crippen LogP contribution >= 0.6 is 39.3 Å². The first-order chi connectivity index (χ1) is 20.5. The van der Waals surface area contributed by atoms with Crippen LogP contribution in [0.5, 0.6) is 11.5 Å². The van der Waals surface area contributed by atoms with Gasteiger partial charge in [0.1, 0.15) is 6.04 Å². The number of fused-ring (bicyclic) bond motifs is 1. The number of carbonyl (C=O) groups is 1. The second-order valence-corrected chi connectivity index (χ2v) is 12.3. The van der Waals surface area contributed by atoms with Gasteiger partial charge in [-0.2, -0.15) is 4.98 Å². The van der Waals surface area contributed by atoms with Crippen LogP contribution in [-0.2, 0) is 17.0 Å². The minimum absolute atomic E-state index is 0.123. The molecule has 3 aromatic carbocycles. The second-order valence-electron chi connectivity index (χ2n) is 10.1. The Morgan fingerprint density at radius 2 is 1.90 bits per heavy atom. The zero-order chi connectivity index (χ0) is 29.1. The highest BCUT2D eigenvalue weighted by molar-refractivity contribution is 9.10. The molecule has 1 unspecified atom stereocenters. The van der Waals surface area contributed by atoms with Gasteiger partial charge in [0.15, 0.2) is 17.3 Å². The van der Waals surface area contributed by atoms with Gasteiger partial charge in [0, 0.05) is 34.9 Å². The van der Waals surface area contributed by atoms with Gasteiger partial charge >= 0.3 is 0 Å².